The van der Waals surface area contributed by atoms with Crippen LogP contribution < -0.4 is 9.80 Å². The van der Waals surface area contributed by atoms with Crippen molar-refractivity contribution in [2.24, 2.45) is 0 Å². The summed E-state index contributed by atoms with van der Waals surface area (Å²) in [5.41, 5.74) is 2.76. The summed E-state index contributed by atoms with van der Waals surface area (Å²) in [4.78, 5) is 4.86. The topological polar surface area (TPSA) is 6.48 Å². The first kappa shape index (κ1) is 9.38. The summed E-state index contributed by atoms with van der Waals surface area (Å²) in [6.45, 7) is 8.82. The van der Waals surface area contributed by atoms with Gasteiger partial charge in [0.25, 0.3) is 0 Å². The van der Waals surface area contributed by atoms with Crippen molar-refractivity contribution >= 4 is 11.4 Å². The molecule has 1 aromatic carbocycles. The molecule has 1 aliphatic heterocycles. The van der Waals surface area contributed by atoms with Gasteiger partial charge in [0, 0.05) is 12.6 Å². The van der Waals surface area contributed by atoms with Crippen molar-refractivity contribution in [1.29, 1.82) is 0 Å². The lowest BCUT2D eigenvalue weighted by atomic mass is 10.2. The van der Waals surface area contributed by atoms with Gasteiger partial charge in [-0.2, -0.15) is 0 Å². The Morgan fingerprint density at radius 1 is 1.21 bits per heavy atom. The van der Waals surface area contributed by atoms with E-state index in [2.05, 4.69) is 54.8 Å². The monoisotopic (exact) mass is 190 g/mol. The van der Waals surface area contributed by atoms with Crippen LogP contribution in [0.2, 0.25) is 0 Å². The second kappa shape index (κ2) is 3.52. The molecule has 2 rings (SSSR count). The van der Waals surface area contributed by atoms with Crippen LogP contribution in [-0.2, 0) is 0 Å². The summed E-state index contributed by atoms with van der Waals surface area (Å²) in [6, 6.07) is 9.23. The summed E-state index contributed by atoms with van der Waals surface area (Å²) >= 11 is 0. The van der Waals surface area contributed by atoms with Crippen molar-refractivity contribution in [3.63, 3.8) is 0 Å². The smallest absolute Gasteiger partial charge is 0.0906 e. The molecule has 2 heteroatoms. The molecule has 76 valence electrons. The van der Waals surface area contributed by atoms with Gasteiger partial charge >= 0.3 is 0 Å². The van der Waals surface area contributed by atoms with Gasteiger partial charge in [0.2, 0.25) is 0 Å². The Morgan fingerprint density at radius 2 is 1.86 bits per heavy atom. The van der Waals surface area contributed by atoms with E-state index in [-0.39, 0.29) is 0 Å². The number of rotatable bonds is 2. The molecule has 0 aromatic heterocycles. The highest BCUT2D eigenvalue weighted by molar-refractivity contribution is 5.76. The molecule has 0 N–H and O–H groups in total. The Hall–Kier alpha value is -1.18. The normalized spacial score (nSPS) is 15.1. The third kappa shape index (κ3) is 1.35. The standard InChI is InChI=1S/C12H18N2/c1-4-13-9-14(10(2)3)12-8-6-5-7-11(12)13/h5-8,10H,4,9H2,1-3H3. The maximum absolute atomic E-state index is 2.44. The van der Waals surface area contributed by atoms with Crippen LogP contribution in [0.4, 0.5) is 11.4 Å². The van der Waals surface area contributed by atoms with Gasteiger partial charge < -0.3 is 9.80 Å². The van der Waals surface area contributed by atoms with Crippen molar-refractivity contribution in [2.45, 2.75) is 26.8 Å². The first-order valence-electron chi connectivity index (χ1n) is 5.34. The molecule has 1 aromatic rings. The minimum Gasteiger partial charge on any atom is -0.352 e. The van der Waals surface area contributed by atoms with Crippen LogP contribution in [0.15, 0.2) is 24.3 Å². The maximum Gasteiger partial charge on any atom is 0.0906 e. The van der Waals surface area contributed by atoms with Crippen LogP contribution >= 0.6 is 0 Å². The fourth-order valence-corrected chi connectivity index (χ4v) is 2.02. The lowest BCUT2D eigenvalue weighted by molar-refractivity contribution is 0.688. The van der Waals surface area contributed by atoms with E-state index in [1.54, 1.807) is 0 Å². The molecule has 0 amide bonds. The van der Waals surface area contributed by atoms with Crippen LogP contribution in [0.25, 0.3) is 0 Å². The van der Waals surface area contributed by atoms with E-state index in [9.17, 15) is 0 Å². The predicted molar refractivity (Wildman–Crippen MR) is 61.9 cm³/mol. The largest absolute Gasteiger partial charge is 0.352 e. The minimum atomic E-state index is 0.577. The van der Waals surface area contributed by atoms with Gasteiger partial charge in [-0.25, -0.2) is 0 Å². The number of hydrogen-bond acceptors (Lipinski definition) is 2. The quantitative estimate of drug-likeness (QED) is 0.707. The molecule has 0 saturated carbocycles. The van der Waals surface area contributed by atoms with Crippen molar-refractivity contribution in [2.75, 3.05) is 23.0 Å². The highest BCUT2D eigenvalue weighted by Crippen LogP contribution is 2.36. The second-order valence-electron chi connectivity index (χ2n) is 4.05. The third-order valence-electron chi connectivity index (χ3n) is 2.86. The van der Waals surface area contributed by atoms with Crippen LogP contribution in [-0.4, -0.2) is 19.3 Å². The predicted octanol–water partition coefficient (Wildman–Crippen LogP) is 2.70. The molecule has 0 unspecified atom stereocenters. The number of benzene rings is 1. The summed E-state index contributed by atoms with van der Waals surface area (Å²) in [7, 11) is 0. The van der Waals surface area contributed by atoms with E-state index in [1.807, 2.05) is 0 Å². The first-order valence-corrected chi connectivity index (χ1v) is 5.34. The van der Waals surface area contributed by atoms with Gasteiger partial charge in [0.15, 0.2) is 0 Å². The molecule has 0 spiro atoms. The van der Waals surface area contributed by atoms with Gasteiger partial charge in [0.1, 0.15) is 0 Å². The summed E-state index contributed by atoms with van der Waals surface area (Å²) < 4.78 is 0. The Balaban J connectivity index is 2.38. The summed E-state index contributed by atoms with van der Waals surface area (Å²) in [5.74, 6) is 0. The average molecular weight is 190 g/mol. The summed E-state index contributed by atoms with van der Waals surface area (Å²) in [5, 5.41) is 0. The Kier molecular flexibility index (Phi) is 2.36. The highest BCUT2D eigenvalue weighted by atomic mass is 15.4. The molecule has 0 radical (unpaired) electrons. The van der Waals surface area contributed by atoms with Gasteiger partial charge in [0.05, 0.1) is 18.0 Å². The van der Waals surface area contributed by atoms with E-state index >= 15 is 0 Å². The minimum absolute atomic E-state index is 0.577. The van der Waals surface area contributed by atoms with Gasteiger partial charge in [-0.05, 0) is 32.9 Å². The Labute approximate surface area is 86.1 Å². The molecule has 1 heterocycles. The second-order valence-corrected chi connectivity index (χ2v) is 4.05. The number of anilines is 2. The van der Waals surface area contributed by atoms with E-state index in [1.165, 1.54) is 11.4 Å². The van der Waals surface area contributed by atoms with Crippen molar-refractivity contribution in [3.8, 4) is 0 Å². The van der Waals surface area contributed by atoms with Crippen LogP contribution in [0.5, 0.6) is 0 Å². The Bertz CT molecular complexity index is 320. The van der Waals surface area contributed by atoms with E-state index < -0.39 is 0 Å². The Morgan fingerprint density at radius 3 is 2.43 bits per heavy atom. The maximum atomic E-state index is 2.44. The fourth-order valence-electron chi connectivity index (χ4n) is 2.02. The van der Waals surface area contributed by atoms with Crippen molar-refractivity contribution < 1.29 is 0 Å². The van der Waals surface area contributed by atoms with Crippen LogP contribution in [0.1, 0.15) is 20.8 Å². The van der Waals surface area contributed by atoms with E-state index in [0.29, 0.717) is 6.04 Å². The molecule has 0 atom stereocenters. The van der Waals surface area contributed by atoms with E-state index in [0.717, 1.165) is 13.2 Å². The highest BCUT2D eigenvalue weighted by Gasteiger charge is 2.25. The van der Waals surface area contributed by atoms with Crippen molar-refractivity contribution in [1.82, 2.24) is 0 Å². The van der Waals surface area contributed by atoms with Gasteiger partial charge in [-0.1, -0.05) is 12.1 Å². The third-order valence-corrected chi connectivity index (χ3v) is 2.86. The van der Waals surface area contributed by atoms with Crippen LogP contribution in [0, 0.1) is 0 Å². The molecular formula is C12H18N2. The van der Waals surface area contributed by atoms with Crippen molar-refractivity contribution in [3.05, 3.63) is 24.3 Å². The number of hydrogen-bond donors (Lipinski definition) is 0. The molecule has 0 aliphatic carbocycles. The zero-order valence-corrected chi connectivity index (χ0v) is 9.20. The lowest BCUT2D eigenvalue weighted by Gasteiger charge is -2.24. The van der Waals surface area contributed by atoms with Gasteiger partial charge in [-0.3, -0.25) is 0 Å². The van der Waals surface area contributed by atoms with E-state index in [4.69, 9.17) is 0 Å². The molecule has 0 saturated heterocycles. The zero-order chi connectivity index (χ0) is 10.1. The fraction of sp³-hybridized carbons (Fsp3) is 0.500. The average Bonchev–Trinajstić information content (AvgIpc) is 2.56. The number of fused-ring (bicyclic) bond motifs is 1. The number of nitrogens with zero attached hydrogens (tertiary/aromatic N) is 2. The molecule has 14 heavy (non-hydrogen) atoms. The number of para-hydroxylation sites is 2. The zero-order valence-electron chi connectivity index (χ0n) is 9.20. The SMILES string of the molecule is CCN1CN(C(C)C)c2ccccc21. The lowest BCUT2D eigenvalue weighted by Crippen LogP contribution is -2.35. The molecule has 2 nitrogen and oxygen atoms in total. The van der Waals surface area contributed by atoms with Gasteiger partial charge in [-0.15, -0.1) is 0 Å². The first-order chi connectivity index (χ1) is 6.74. The molecule has 1 aliphatic rings. The molecule has 0 bridgehead atoms. The molecular weight excluding hydrogens is 172 g/mol. The van der Waals surface area contributed by atoms with Crippen LogP contribution in [0.3, 0.4) is 0 Å². The molecule has 0 fully saturated rings. The summed E-state index contributed by atoms with van der Waals surface area (Å²) in [6.07, 6.45) is 0.